The highest BCUT2D eigenvalue weighted by Crippen LogP contribution is 2.39. The van der Waals surface area contributed by atoms with Crippen LogP contribution in [0.3, 0.4) is 0 Å². The Morgan fingerprint density at radius 3 is 2.53 bits per heavy atom. The molecule has 0 saturated carbocycles. The number of halogens is 3. The topological polar surface area (TPSA) is 90.5 Å². The number of rotatable bonds is 6. The van der Waals surface area contributed by atoms with Gasteiger partial charge in [-0.05, 0) is 57.9 Å². The maximum absolute atomic E-state index is 10.7. The molecule has 3 aromatic carbocycles. The summed E-state index contributed by atoms with van der Waals surface area (Å²) < 4.78 is 12.5. The number of nitrogen functional groups attached to an aromatic ring is 1. The molecule has 0 amide bonds. The predicted molar refractivity (Wildman–Crippen MR) is 129 cm³/mol. The normalized spacial score (nSPS) is 10.7. The summed E-state index contributed by atoms with van der Waals surface area (Å²) in [4.78, 5) is 8.28. The Morgan fingerprint density at radius 2 is 1.78 bits per heavy atom. The number of aromatic nitrogens is 2. The van der Waals surface area contributed by atoms with Gasteiger partial charge >= 0.3 is 0 Å². The molecule has 9 heteroatoms. The number of hydrogen-bond acceptors (Lipinski definition) is 6. The zero-order valence-electron chi connectivity index (χ0n) is 16.4. The van der Waals surface area contributed by atoms with Crippen LogP contribution in [0.25, 0.3) is 11.3 Å². The molecule has 32 heavy (non-hydrogen) atoms. The summed E-state index contributed by atoms with van der Waals surface area (Å²) in [6, 6.07) is 17.5. The molecule has 1 aromatic heterocycles. The smallest absolute Gasteiger partial charge is 0.220 e. The second-order valence-corrected chi connectivity index (χ2v) is 8.36. The first-order chi connectivity index (χ1) is 15.4. The molecule has 3 N–H and O–H groups in total. The molecule has 0 spiro atoms. The number of nitrogens with zero attached hydrogens (tertiary/aromatic N) is 2. The van der Waals surface area contributed by atoms with E-state index in [1.807, 2.05) is 24.3 Å². The summed E-state index contributed by atoms with van der Waals surface area (Å²) in [6.45, 7) is 0.256. The molecular formula is C23H16BrCl2N3O3. The van der Waals surface area contributed by atoms with Crippen LogP contribution in [0.1, 0.15) is 5.56 Å². The Kier molecular flexibility index (Phi) is 6.69. The molecule has 0 fully saturated rings. The summed E-state index contributed by atoms with van der Waals surface area (Å²) >= 11 is 15.4. The average Bonchev–Trinajstić information content (AvgIpc) is 2.77. The van der Waals surface area contributed by atoms with Crippen LogP contribution < -0.4 is 15.2 Å². The van der Waals surface area contributed by atoms with Crippen LogP contribution in [-0.4, -0.2) is 15.1 Å². The minimum Gasteiger partial charge on any atom is -0.507 e. The van der Waals surface area contributed by atoms with E-state index in [4.69, 9.17) is 38.4 Å². The van der Waals surface area contributed by atoms with Crippen LogP contribution in [0, 0.1) is 0 Å². The highest BCUT2D eigenvalue weighted by atomic mass is 79.9. The first-order valence-electron chi connectivity index (χ1n) is 9.35. The van der Waals surface area contributed by atoms with Gasteiger partial charge < -0.3 is 20.3 Å². The number of benzene rings is 3. The van der Waals surface area contributed by atoms with Crippen LogP contribution in [0.2, 0.25) is 10.0 Å². The van der Waals surface area contributed by atoms with E-state index in [-0.39, 0.29) is 18.3 Å². The third-order valence-corrected chi connectivity index (χ3v) is 5.84. The van der Waals surface area contributed by atoms with Crippen molar-refractivity contribution in [3.63, 3.8) is 0 Å². The molecule has 0 saturated heterocycles. The summed E-state index contributed by atoms with van der Waals surface area (Å²) in [5.41, 5.74) is 7.40. The van der Waals surface area contributed by atoms with E-state index in [9.17, 15) is 5.11 Å². The minimum atomic E-state index is -0.0493. The highest BCUT2D eigenvalue weighted by molar-refractivity contribution is 9.10. The number of para-hydroxylation sites is 1. The number of ether oxygens (including phenoxy) is 2. The molecule has 162 valence electrons. The first kappa shape index (κ1) is 22.2. The van der Waals surface area contributed by atoms with Crippen LogP contribution in [-0.2, 0) is 6.61 Å². The van der Waals surface area contributed by atoms with Crippen LogP contribution in [0.5, 0.6) is 23.0 Å². The fourth-order valence-electron chi connectivity index (χ4n) is 2.90. The van der Waals surface area contributed by atoms with Gasteiger partial charge in [0.15, 0.2) is 5.75 Å². The first-order valence-corrected chi connectivity index (χ1v) is 10.9. The van der Waals surface area contributed by atoms with Crippen molar-refractivity contribution < 1.29 is 14.6 Å². The molecule has 0 bridgehead atoms. The zero-order valence-corrected chi connectivity index (χ0v) is 19.5. The van der Waals surface area contributed by atoms with E-state index in [0.29, 0.717) is 38.6 Å². The van der Waals surface area contributed by atoms with Crippen molar-refractivity contribution in [3.05, 3.63) is 86.9 Å². The predicted octanol–water partition coefficient (Wildman–Crippen LogP) is 6.87. The summed E-state index contributed by atoms with van der Waals surface area (Å²) in [5.74, 6) is 1.38. The molecular weight excluding hydrogens is 517 g/mol. The Balaban J connectivity index is 1.59. The molecule has 4 rings (SSSR count). The molecule has 0 aliphatic heterocycles. The van der Waals surface area contributed by atoms with Gasteiger partial charge in [0.1, 0.15) is 29.5 Å². The summed E-state index contributed by atoms with van der Waals surface area (Å²) in [7, 11) is 0. The number of anilines is 1. The van der Waals surface area contributed by atoms with Crippen LogP contribution in [0.15, 0.2) is 71.3 Å². The maximum Gasteiger partial charge on any atom is 0.220 e. The molecule has 6 nitrogen and oxygen atoms in total. The van der Waals surface area contributed by atoms with Gasteiger partial charge in [0.25, 0.3) is 0 Å². The number of phenolic OH excluding ortho intramolecular Hbond substituents is 1. The Labute approximate surface area is 202 Å². The van der Waals surface area contributed by atoms with E-state index >= 15 is 0 Å². The van der Waals surface area contributed by atoms with Crippen molar-refractivity contribution in [2.45, 2.75) is 6.61 Å². The van der Waals surface area contributed by atoms with Gasteiger partial charge in [-0.3, -0.25) is 0 Å². The fourth-order valence-corrected chi connectivity index (χ4v) is 3.58. The lowest BCUT2D eigenvalue weighted by atomic mass is 10.1. The molecule has 0 unspecified atom stereocenters. The van der Waals surface area contributed by atoms with Gasteiger partial charge in [0.05, 0.1) is 20.7 Å². The van der Waals surface area contributed by atoms with E-state index in [1.54, 1.807) is 30.3 Å². The lowest BCUT2D eigenvalue weighted by molar-refractivity contribution is 0.304. The van der Waals surface area contributed by atoms with Crippen molar-refractivity contribution in [3.8, 4) is 34.3 Å². The van der Waals surface area contributed by atoms with Crippen molar-refractivity contribution in [2.75, 3.05) is 5.73 Å². The lowest BCUT2D eigenvalue weighted by Gasteiger charge is -2.14. The Bertz CT molecular complexity index is 1290. The molecule has 4 aromatic rings. The number of phenols is 1. The van der Waals surface area contributed by atoms with E-state index in [2.05, 4.69) is 25.9 Å². The summed E-state index contributed by atoms with van der Waals surface area (Å²) in [6.07, 6.45) is 1.46. The second kappa shape index (κ2) is 9.65. The average molecular weight is 533 g/mol. The van der Waals surface area contributed by atoms with Gasteiger partial charge in [-0.25, -0.2) is 9.97 Å². The molecule has 0 atom stereocenters. The Hall–Kier alpha value is -3.00. The summed E-state index contributed by atoms with van der Waals surface area (Å²) in [5, 5.41) is 11.6. The van der Waals surface area contributed by atoms with Gasteiger partial charge in [0, 0.05) is 11.6 Å². The Morgan fingerprint density at radius 1 is 0.969 bits per heavy atom. The van der Waals surface area contributed by atoms with E-state index < -0.39 is 0 Å². The molecule has 0 aliphatic carbocycles. The third-order valence-electron chi connectivity index (χ3n) is 4.44. The van der Waals surface area contributed by atoms with Gasteiger partial charge in [-0.2, -0.15) is 0 Å². The molecule has 1 heterocycles. The number of hydrogen-bond donors (Lipinski definition) is 2. The van der Waals surface area contributed by atoms with E-state index in [1.165, 1.54) is 12.3 Å². The second-order valence-electron chi connectivity index (χ2n) is 6.69. The zero-order chi connectivity index (χ0) is 22.7. The minimum absolute atomic E-state index is 0.0493. The van der Waals surface area contributed by atoms with Gasteiger partial charge in [-0.1, -0.05) is 41.4 Å². The quantitative estimate of drug-likeness (QED) is 0.281. The SMILES string of the molecule is Nc1ncc(Oc2ccccc2Br)c(-c2ccc(OCc3ccc(Cl)c(Cl)c3)cc2O)n1. The molecule has 0 aliphatic rings. The standard InChI is InChI=1S/C23H16BrCl2N3O3/c24-16-3-1-2-4-20(16)32-21-11-28-23(27)29-22(21)15-7-6-14(10-19(15)30)31-12-13-5-8-17(25)18(26)9-13/h1-11,30H,12H2,(H2,27,28,29). The fraction of sp³-hybridized carbons (Fsp3) is 0.0435. The largest absolute Gasteiger partial charge is 0.507 e. The third kappa shape index (κ3) is 5.07. The van der Waals surface area contributed by atoms with Crippen molar-refractivity contribution >= 4 is 45.1 Å². The highest BCUT2D eigenvalue weighted by Gasteiger charge is 2.16. The van der Waals surface area contributed by atoms with Crippen LogP contribution in [0.4, 0.5) is 5.95 Å². The lowest BCUT2D eigenvalue weighted by Crippen LogP contribution is -2.00. The van der Waals surface area contributed by atoms with Gasteiger partial charge in [-0.15, -0.1) is 0 Å². The van der Waals surface area contributed by atoms with Crippen molar-refractivity contribution in [1.29, 1.82) is 0 Å². The maximum atomic E-state index is 10.7. The van der Waals surface area contributed by atoms with Gasteiger partial charge in [0.2, 0.25) is 5.95 Å². The number of aromatic hydroxyl groups is 1. The van der Waals surface area contributed by atoms with Crippen molar-refractivity contribution in [1.82, 2.24) is 9.97 Å². The number of nitrogens with two attached hydrogens (primary N) is 1. The van der Waals surface area contributed by atoms with E-state index in [0.717, 1.165) is 10.0 Å². The van der Waals surface area contributed by atoms with Crippen LogP contribution >= 0.6 is 39.1 Å². The monoisotopic (exact) mass is 531 g/mol. The molecule has 0 radical (unpaired) electrons. The van der Waals surface area contributed by atoms with Crippen molar-refractivity contribution in [2.24, 2.45) is 0 Å².